The molecule has 0 saturated heterocycles. The maximum Gasteiger partial charge on any atom is 0.227 e. The number of nitrogens with zero attached hydrogens (tertiary/aromatic N) is 1. The minimum absolute atomic E-state index is 0.00223. The van der Waals surface area contributed by atoms with Gasteiger partial charge in [0.1, 0.15) is 0 Å². The van der Waals surface area contributed by atoms with Gasteiger partial charge in [0.05, 0.1) is 6.54 Å². The quantitative estimate of drug-likeness (QED) is 0.408. The number of benzene rings is 1. The fraction of sp³-hybridized carbons (Fsp3) is 0.652. The number of carbonyl (C=O) groups is 1. The molecule has 7 heteroatoms. The number of hydrogen-bond donors (Lipinski definition) is 3. The van der Waals surface area contributed by atoms with Crippen LogP contribution in [-0.4, -0.2) is 39.7 Å². The van der Waals surface area contributed by atoms with Gasteiger partial charge in [0.2, 0.25) is 5.91 Å². The Labute approximate surface area is 184 Å². The van der Waals surface area contributed by atoms with Crippen LogP contribution in [-0.2, 0) is 22.1 Å². The lowest BCUT2D eigenvalue weighted by molar-refractivity contribution is -0.119. The summed E-state index contributed by atoms with van der Waals surface area (Å²) in [6, 6.07) is 8.16. The lowest BCUT2D eigenvalue weighted by Gasteiger charge is -2.30. The molecule has 1 aromatic carbocycles. The molecule has 4 unspecified atom stereocenters. The summed E-state index contributed by atoms with van der Waals surface area (Å²) < 4.78 is 12.2. The van der Waals surface area contributed by atoms with Crippen molar-refractivity contribution in [3.8, 4) is 0 Å². The molecular weight excluding hydrogens is 396 g/mol. The van der Waals surface area contributed by atoms with E-state index in [9.17, 15) is 9.00 Å². The molecule has 1 aliphatic rings. The van der Waals surface area contributed by atoms with E-state index < -0.39 is 10.8 Å². The van der Waals surface area contributed by atoms with Crippen LogP contribution in [0.2, 0.25) is 0 Å². The van der Waals surface area contributed by atoms with Gasteiger partial charge in [0.25, 0.3) is 0 Å². The Morgan fingerprint density at radius 3 is 2.77 bits per heavy atom. The first-order valence-corrected chi connectivity index (χ1v) is 12.7. The molecule has 168 valence electrons. The standard InChI is InChI=1S/C23H38N4O2S/c1-5-17(4)22(28)26-19-11-8-10-18(14-19)16-25-23(24-6-2)27-20-12-9-13-21(15-20)30(29)7-3/h8,10-11,14,17,20-21H,5-7,9,12-13,15-16H2,1-4H3,(H,26,28)(H2,24,25,27). The molecule has 30 heavy (non-hydrogen) atoms. The van der Waals surface area contributed by atoms with Gasteiger partial charge in [-0.15, -0.1) is 0 Å². The third-order valence-electron chi connectivity index (χ3n) is 5.64. The zero-order valence-corrected chi connectivity index (χ0v) is 19.7. The molecule has 6 nitrogen and oxygen atoms in total. The Morgan fingerprint density at radius 1 is 1.27 bits per heavy atom. The van der Waals surface area contributed by atoms with Crippen LogP contribution >= 0.6 is 0 Å². The van der Waals surface area contributed by atoms with Crippen molar-refractivity contribution in [2.24, 2.45) is 10.9 Å². The molecular formula is C23H38N4O2S. The molecule has 0 aromatic heterocycles. The SMILES string of the molecule is CCNC(=NCc1cccc(NC(=O)C(C)CC)c1)NC1CCCC(S(=O)CC)C1. The fourth-order valence-corrected chi connectivity index (χ4v) is 4.98. The van der Waals surface area contributed by atoms with Gasteiger partial charge in [0, 0.05) is 46.0 Å². The van der Waals surface area contributed by atoms with Crippen LogP contribution in [0.15, 0.2) is 29.3 Å². The first-order valence-electron chi connectivity index (χ1n) is 11.3. The number of carbonyl (C=O) groups excluding carboxylic acids is 1. The van der Waals surface area contributed by atoms with E-state index in [0.29, 0.717) is 12.6 Å². The Balaban J connectivity index is 1.99. The maximum absolute atomic E-state index is 12.2. The van der Waals surface area contributed by atoms with Crippen molar-refractivity contribution < 1.29 is 9.00 Å². The second-order valence-electron chi connectivity index (χ2n) is 7.99. The van der Waals surface area contributed by atoms with E-state index >= 15 is 0 Å². The van der Waals surface area contributed by atoms with Crippen LogP contribution < -0.4 is 16.0 Å². The van der Waals surface area contributed by atoms with E-state index in [1.165, 1.54) is 0 Å². The summed E-state index contributed by atoms with van der Waals surface area (Å²) in [6.07, 6.45) is 5.00. The van der Waals surface area contributed by atoms with Crippen LogP contribution in [0.3, 0.4) is 0 Å². The number of aliphatic imine (C=N–C) groups is 1. The minimum Gasteiger partial charge on any atom is -0.357 e. The summed E-state index contributed by atoms with van der Waals surface area (Å²) in [5.41, 5.74) is 1.85. The van der Waals surface area contributed by atoms with Gasteiger partial charge < -0.3 is 16.0 Å². The molecule has 1 amide bonds. The lowest BCUT2D eigenvalue weighted by Crippen LogP contribution is -2.46. The van der Waals surface area contributed by atoms with Crippen LogP contribution in [0.1, 0.15) is 65.4 Å². The van der Waals surface area contributed by atoms with E-state index in [4.69, 9.17) is 4.99 Å². The fourth-order valence-electron chi connectivity index (χ4n) is 3.63. The molecule has 0 aliphatic heterocycles. The lowest BCUT2D eigenvalue weighted by atomic mass is 9.95. The van der Waals surface area contributed by atoms with E-state index in [-0.39, 0.29) is 17.1 Å². The highest BCUT2D eigenvalue weighted by molar-refractivity contribution is 7.85. The summed E-state index contributed by atoms with van der Waals surface area (Å²) in [7, 11) is -0.733. The molecule has 0 spiro atoms. The average molecular weight is 435 g/mol. The molecule has 1 aromatic rings. The van der Waals surface area contributed by atoms with Gasteiger partial charge in [-0.25, -0.2) is 4.99 Å². The average Bonchev–Trinajstić information content (AvgIpc) is 2.76. The highest BCUT2D eigenvalue weighted by Gasteiger charge is 2.26. The Kier molecular flexibility index (Phi) is 10.3. The van der Waals surface area contributed by atoms with E-state index in [1.807, 2.05) is 45.0 Å². The Bertz CT molecular complexity index is 738. The topological polar surface area (TPSA) is 82.6 Å². The number of rotatable bonds is 9. The van der Waals surface area contributed by atoms with Crippen molar-refractivity contribution in [3.63, 3.8) is 0 Å². The van der Waals surface area contributed by atoms with Crippen LogP contribution in [0, 0.1) is 5.92 Å². The van der Waals surface area contributed by atoms with Crippen LogP contribution in [0.4, 0.5) is 5.69 Å². The number of amides is 1. The van der Waals surface area contributed by atoms with Crippen LogP contribution in [0.25, 0.3) is 0 Å². The van der Waals surface area contributed by atoms with Gasteiger partial charge in [0.15, 0.2) is 5.96 Å². The largest absolute Gasteiger partial charge is 0.357 e. The summed E-state index contributed by atoms with van der Waals surface area (Å²) in [5, 5.41) is 10.1. The minimum atomic E-state index is -0.733. The predicted octanol–water partition coefficient (Wildman–Crippen LogP) is 3.81. The second-order valence-corrected chi connectivity index (χ2v) is 10.00. The third-order valence-corrected chi connectivity index (χ3v) is 7.38. The monoisotopic (exact) mass is 434 g/mol. The van der Waals surface area contributed by atoms with Crippen LogP contribution in [0.5, 0.6) is 0 Å². The predicted molar refractivity (Wildman–Crippen MR) is 127 cm³/mol. The molecule has 3 N–H and O–H groups in total. The molecule has 0 bridgehead atoms. The first-order chi connectivity index (χ1) is 14.5. The molecule has 1 fully saturated rings. The molecule has 2 rings (SSSR count). The second kappa shape index (κ2) is 12.7. The van der Waals surface area contributed by atoms with E-state index in [1.54, 1.807) is 0 Å². The van der Waals surface area contributed by atoms with Gasteiger partial charge in [-0.1, -0.05) is 39.3 Å². The normalized spacial score (nSPS) is 21.5. The summed E-state index contributed by atoms with van der Waals surface area (Å²) >= 11 is 0. The van der Waals surface area contributed by atoms with Gasteiger partial charge in [-0.2, -0.15) is 0 Å². The summed E-state index contributed by atoms with van der Waals surface area (Å²) in [4.78, 5) is 16.9. The van der Waals surface area contributed by atoms with E-state index in [0.717, 1.165) is 61.6 Å². The molecule has 1 saturated carbocycles. The molecule has 1 aliphatic carbocycles. The van der Waals surface area contributed by atoms with Crippen molar-refractivity contribution in [1.82, 2.24) is 10.6 Å². The highest BCUT2D eigenvalue weighted by atomic mass is 32.2. The molecule has 0 radical (unpaired) electrons. The number of hydrogen-bond acceptors (Lipinski definition) is 3. The van der Waals surface area contributed by atoms with Crippen molar-refractivity contribution in [1.29, 1.82) is 0 Å². The van der Waals surface area contributed by atoms with Crippen molar-refractivity contribution in [3.05, 3.63) is 29.8 Å². The van der Waals surface area contributed by atoms with Crippen molar-refractivity contribution >= 4 is 28.4 Å². The zero-order chi connectivity index (χ0) is 21.9. The van der Waals surface area contributed by atoms with E-state index in [2.05, 4.69) is 22.9 Å². The first kappa shape index (κ1) is 24.4. The highest BCUT2D eigenvalue weighted by Crippen LogP contribution is 2.23. The third kappa shape index (κ3) is 7.74. The Morgan fingerprint density at radius 2 is 2.07 bits per heavy atom. The number of nitrogens with one attached hydrogen (secondary N) is 3. The van der Waals surface area contributed by atoms with Crippen molar-refractivity contribution in [2.75, 3.05) is 17.6 Å². The Hall–Kier alpha value is -1.89. The maximum atomic E-state index is 12.2. The van der Waals surface area contributed by atoms with Gasteiger partial charge >= 0.3 is 0 Å². The smallest absolute Gasteiger partial charge is 0.227 e. The van der Waals surface area contributed by atoms with Crippen molar-refractivity contribution in [2.45, 2.75) is 77.6 Å². The summed E-state index contributed by atoms with van der Waals surface area (Å²) in [5.74, 6) is 1.57. The molecule has 0 heterocycles. The van der Waals surface area contributed by atoms with Gasteiger partial charge in [-0.05, 0) is 50.3 Å². The van der Waals surface area contributed by atoms with Gasteiger partial charge in [-0.3, -0.25) is 9.00 Å². The number of anilines is 1. The number of guanidine groups is 1. The summed E-state index contributed by atoms with van der Waals surface area (Å²) in [6.45, 7) is 9.31. The zero-order valence-electron chi connectivity index (χ0n) is 18.9. The molecule has 4 atom stereocenters.